The van der Waals surface area contributed by atoms with Gasteiger partial charge in [-0.1, -0.05) is 62.4 Å². The van der Waals surface area contributed by atoms with Crippen molar-refractivity contribution in [3.8, 4) is 22.6 Å². The van der Waals surface area contributed by atoms with Crippen molar-refractivity contribution in [1.29, 1.82) is 0 Å². The first-order valence-electron chi connectivity index (χ1n) is 10.4. The summed E-state index contributed by atoms with van der Waals surface area (Å²) in [6, 6.07) is 20.3. The van der Waals surface area contributed by atoms with Gasteiger partial charge in [-0.15, -0.1) is 0 Å². The third-order valence-electron chi connectivity index (χ3n) is 5.13. The van der Waals surface area contributed by atoms with E-state index in [0.717, 1.165) is 16.7 Å². The zero-order chi connectivity index (χ0) is 24.0. The molecule has 3 aromatic rings. The number of carboxylic acids is 1. The van der Waals surface area contributed by atoms with Crippen molar-refractivity contribution in [3.63, 3.8) is 0 Å². The summed E-state index contributed by atoms with van der Waals surface area (Å²) in [4.78, 5) is 11.3. The number of methoxy groups -OCH3 is 1. The lowest BCUT2D eigenvalue weighted by Crippen LogP contribution is -2.44. The molecule has 0 radical (unpaired) electrons. The number of ether oxygens (including phenoxy) is 2. The van der Waals surface area contributed by atoms with Crippen LogP contribution in [0, 0.1) is 5.92 Å². The van der Waals surface area contributed by atoms with Gasteiger partial charge >= 0.3 is 5.97 Å². The van der Waals surface area contributed by atoms with Gasteiger partial charge in [-0.25, -0.2) is 8.42 Å². The molecule has 7 nitrogen and oxygen atoms in total. The number of hydrogen-bond donors (Lipinski definition) is 2. The lowest BCUT2D eigenvalue weighted by atomic mass is 10.0. The second kappa shape index (κ2) is 10.5. The molecule has 174 valence electrons. The second-order valence-electron chi connectivity index (χ2n) is 7.84. The Labute approximate surface area is 194 Å². The van der Waals surface area contributed by atoms with Gasteiger partial charge in [0.2, 0.25) is 10.0 Å². The lowest BCUT2D eigenvalue weighted by molar-refractivity contribution is -0.140. The molecule has 2 N–H and O–H groups in total. The molecule has 0 bridgehead atoms. The fourth-order valence-electron chi connectivity index (χ4n) is 3.23. The molecule has 0 aliphatic heterocycles. The standard InChI is InChI=1S/C25H27NO6S/c1-17(2)24(25(27)28)26-33(29,30)21-14-12-20(13-15-21)19-10-8-18(9-11-19)16-32-23-7-5-4-6-22(23)31-3/h4-15,17,24,26H,16H2,1-3H3,(H,27,28)/t24-/m1/s1. The minimum Gasteiger partial charge on any atom is -0.493 e. The van der Waals surface area contributed by atoms with Crippen LogP contribution in [0.4, 0.5) is 0 Å². The van der Waals surface area contributed by atoms with Crippen LogP contribution in [0.5, 0.6) is 11.5 Å². The Kier molecular flexibility index (Phi) is 7.73. The van der Waals surface area contributed by atoms with Crippen molar-refractivity contribution in [1.82, 2.24) is 4.72 Å². The Bertz CT molecular complexity index is 1190. The van der Waals surface area contributed by atoms with E-state index in [2.05, 4.69) is 4.72 Å². The average molecular weight is 470 g/mol. The summed E-state index contributed by atoms with van der Waals surface area (Å²) >= 11 is 0. The van der Waals surface area contributed by atoms with E-state index in [1.165, 1.54) is 12.1 Å². The first kappa shape index (κ1) is 24.3. The van der Waals surface area contributed by atoms with Gasteiger partial charge in [0.25, 0.3) is 0 Å². The molecule has 0 saturated heterocycles. The third kappa shape index (κ3) is 6.12. The molecule has 0 saturated carbocycles. The van der Waals surface area contributed by atoms with E-state index in [9.17, 15) is 18.3 Å². The van der Waals surface area contributed by atoms with Crippen molar-refractivity contribution in [2.75, 3.05) is 7.11 Å². The number of sulfonamides is 1. The quantitative estimate of drug-likeness (QED) is 0.458. The number of nitrogens with one attached hydrogen (secondary N) is 1. The maximum atomic E-state index is 12.6. The number of carboxylic acid groups (broad SMARTS) is 1. The van der Waals surface area contributed by atoms with Gasteiger partial charge < -0.3 is 14.6 Å². The number of rotatable bonds is 10. The normalized spacial score (nSPS) is 12.4. The Hall–Kier alpha value is -3.36. The van der Waals surface area contributed by atoms with Crippen molar-refractivity contribution in [2.45, 2.75) is 31.4 Å². The van der Waals surface area contributed by atoms with Gasteiger partial charge in [0.05, 0.1) is 12.0 Å². The highest BCUT2D eigenvalue weighted by Gasteiger charge is 2.27. The molecule has 8 heteroatoms. The van der Waals surface area contributed by atoms with Crippen LogP contribution in [0.15, 0.2) is 77.7 Å². The predicted molar refractivity (Wildman–Crippen MR) is 126 cm³/mol. The van der Waals surface area contributed by atoms with E-state index < -0.39 is 22.0 Å². The molecule has 3 aromatic carbocycles. The number of aliphatic carboxylic acids is 1. The van der Waals surface area contributed by atoms with Gasteiger partial charge in [-0.05, 0) is 46.9 Å². The summed E-state index contributed by atoms with van der Waals surface area (Å²) in [5.41, 5.74) is 2.73. The van der Waals surface area contributed by atoms with Crippen molar-refractivity contribution in [3.05, 3.63) is 78.4 Å². The maximum Gasteiger partial charge on any atom is 0.322 e. The largest absolute Gasteiger partial charge is 0.493 e. The van der Waals surface area contributed by atoms with Gasteiger partial charge in [-0.2, -0.15) is 4.72 Å². The van der Waals surface area contributed by atoms with Gasteiger partial charge in [0.1, 0.15) is 12.6 Å². The van der Waals surface area contributed by atoms with Crippen molar-refractivity contribution < 1.29 is 27.8 Å². The van der Waals surface area contributed by atoms with E-state index in [1.807, 2.05) is 48.5 Å². The summed E-state index contributed by atoms with van der Waals surface area (Å²) in [6.45, 7) is 3.68. The van der Waals surface area contributed by atoms with Gasteiger partial charge in [0.15, 0.2) is 11.5 Å². The summed E-state index contributed by atoms with van der Waals surface area (Å²) in [5, 5.41) is 9.26. The first-order chi connectivity index (χ1) is 15.7. The zero-order valence-corrected chi connectivity index (χ0v) is 19.5. The predicted octanol–water partition coefficient (Wildman–Crippen LogP) is 4.33. The first-order valence-corrected chi connectivity index (χ1v) is 11.9. The Balaban J connectivity index is 1.69. The summed E-state index contributed by atoms with van der Waals surface area (Å²) in [7, 11) is -2.36. The van der Waals surface area contributed by atoms with E-state index in [0.29, 0.717) is 18.1 Å². The highest BCUT2D eigenvalue weighted by atomic mass is 32.2. The van der Waals surface area contributed by atoms with Crippen LogP contribution in [0.2, 0.25) is 0 Å². The van der Waals surface area contributed by atoms with Crippen LogP contribution < -0.4 is 14.2 Å². The highest BCUT2D eigenvalue weighted by Crippen LogP contribution is 2.27. The second-order valence-corrected chi connectivity index (χ2v) is 9.56. The Morgan fingerprint density at radius 1 is 0.909 bits per heavy atom. The highest BCUT2D eigenvalue weighted by molar-refractivity contribution is 7.89. The molecule has 3 rings (SSSR count). The fourth-order valence-corrected chi connectivity index (χ4v) is 4.56. The molecule has 0 aromatic heterocycles. The van der Waals surface area contributed by atoms with Crippen LogP contribution in [-0.4, -0.2) is 32.6 Å². The molecule has 1 atom stereocenters. The summed E-state index contributed by atoms with van der Waals surface area (Å²) in [6.07, 6.45) is 0. The Morgan fingerprint density at radius 3 is 1.97 bits per heavy atom. The molecule has 0 fully saturated rings. The van der Waals surface area contributed by atoms with E-state index in [-0.39, 0.29) is 10.8 Å². The van der Waals surface area contributed by atoms with E-state index >= 15 is 0 Å². The lowest BCUT2D eigenvalue weighted by Gasteiger charge is -2.18. The number of carbonyl (C=O) groups is 1. The zero-order valence-electron chi connectivity index (χ0n) is 18.7. The van der Waals surface area contributed by atoms with Crippen LogP contribution in [0.3, 0.4) is 0 Å². The van der Waals surface area contributed by atoms with Crippen LogP contribution in [0.1, 0.15) is 19.4 Å². The molecule has 0 amide bonds. The SMILES string of the molecule is COc1ccccc1OCc1ccc(-c2ccc(S(=O)(=O)N[C@@H](C(=O)O)C(C)C)cc2)cc1. The summed E-state index contributed by atoms with van der Waals surface area (Å²) < 4.78 is 38.5. The number of para-hydroxylation sites is 2. The minimum absolute atomic E-state index is 0.0139. The molecule has 0 spiro atoms. The molecule has 0 aliphatic carbocycles. The molecular formula is C25H27NO6S. The topological polar surface area (TPSA) is 102 Å². The van der Waals surface area contributed by atoms with Crippen LogP contribution in [-0.2, 0) is 21.4 Å². The molecular weight excluding hydrogens is 442 g/mol. The fraction of sp³-hybridized carbons (Fsp3) is 0.240. The maximum absolute atomic E-state index is 12.6. The summed E-state index contributed by atoms with van der Waals surface area (Å²) in [5.74, 6) is -0.263. The van der Waals surface area contributed by atoms with Crippen LogP contribution in [0.25, 0.3) is 11.1 Å². The van der Waals surface area contributed by atoms with Crippen molar-refractivity contribution in [2.24, 2.45) is 5.92 Å². The van der Waals surface area contributed by atoms with Gasteiger partial charge in [-0.3, -0.25) is 4.79 Å². The molecule has 33 heavy (non-hydrogen) atoms. The monoisotopic (exact) mass is 469 g/mol. The average Bonchev–Trinajstić information content (AvgIpc) is 2.81. The molecule has 0 unspecified atom stereocenters. The van der Waals surface area contributed by atoms with Crippen LogP contribution >= 0.6 is 0 Å². The number of benzene rings is 3. The third-order valence-corrected chi connectivity index (χ3v) is 6.59. The van der Waals surface area contributed by atoms with E-state index in [1.54, 1.807) is 33.1 Å². The van der Waals surface area contributed by atoms with Gasteiger partial charge in [0, 0.05) is 0 Å². The van der Waals surface area contributed by atoms with E-state index in [4.69, 9.17) is 9.47 Å². The molecule has 0 aliphatic rings. The smallest absolute Gasteiger partial charge is 0.322 e. The Morgan fingerprint density at radius 2 is 1.45 bits per heavy atom. The minimum atomic E-state index is -3.95. The molecule has 0 heterocycles. The number of hydrogen-bond acceptors (Lipinski definition) is 5. The van der Waals surface area contributed by atoms with Crippen molar-refractivity contribution >= 4 is 16.0 Å².